The molecular formula is C28H29N5O7. The highest BCUT2D eigenvalue weighted by molar-refractivity contribution is 5.96. The molecule has 0 unspecified atom stereocenters. The number of anilines is 2. The number of likely N-dealkylation sites (N-methyl/N-ethyl adjacent to an activating group) is 1. The molecule has 12 heteroatoms. The molecule has 0 spiro atoms. The van der Waals surface area contributed by atoms with Crippen LogP contribution in [0.4, 0.5) is 16.5 Å². The highest BCUT2D eigenvalue weighted by Crippen LogP contribution is 2.30. The minimum atomic E-state index is -1.14. The molecule has 4 rings (SSSR count). The van der Waals surface area contributed by atoms with E-state index in [4.69, 9.17) is 13.6 Å². The van der Waals surface area contributed by atoms with Gasteiger partial charge in [-0.05, 0) is 44.5 Å². The van der Waals surface area contributed by atoms with Gasteiger partial charge in [0.15, 0.2) is 5.76 Å². The first-order valence-electron chi connectivity index (χ1n) is 12.3. The number of aromatic nitrogens is 2. The van der Waals surface area contributed by atoms with E-state index >= 15 is 0 Å². The molecule has 2 aromatic heterocycles. The summed E-state index contributed by atoms with van der Waals surface area (Å²) in [5, 5.41) is 15.1. The maximum absolute atomic E-state index is 12.6. The zero-order valence-electron chi connectivity index (χ0n) is 22.4. The van der Waals surface area contributed by atoms with Crippen molar-refractivity contribution < 1.29 is 33.1 Å². The van der Waals surface area contributed by atoms with Crippen molar-refractivity contribution in [2.75, 3.05) is 18.9 Å². The van der Waals surface area contributed by atoms with Crippen LogP contribution in [0, 0.1) is 0 Å². The van der Waals surface area contributed by atoms with Crippen molar-refractivity contribution in [2.45, 2.75) is 32.9 Å². The molecule has 0 aliphatic carbocycles. The van der Waals surface area contributed by atoms with Crippen molar-refractivity contribution in [3.63, 3.8) is 0 Å². The second kappa shape index (κ2) is 11.7. The number of hydrogen-bond donors (Lipinski definition) is 3. The van der Waals surface area contributed by atoms with Crippen LogP contribution in [0.25, 0.3) is 22.8 Å². The number of aromatic carboxylic acids is 1. The fourth-order valence-electron chi connectivity index (χ4n) is 3.76. The first-order valence-corrected chi connectivity index (χ1v) is 12.3. The lowest BCUT2D eigenvalue weighted by atomic mass is 10.1. The van der Waals surface area contributed by atoms with E-state index in [1.807, 2.05) is 24.3 Å². The van der Waals surface area contributed by atoms with Crippen LogP contribution in [-0.4, -0.2) is 57.1 Å². The van der Waals surface area contributed by atoms with E-state index in [-0.39, 0.29) is 36.5 Å². The molecule has 208 valence electrons. The van der Waals surface area contributed by atoms with E-state index < -0.39 is 17.7 Å². The van der Waals surface area contributed by atoms with E-state index in [0.717, 1.165) is 5.56 Å². The summed E-state index contributed by atoms with van der Waals surface area (Å²) in [7, 11) is 1.63. The summed E-state index contributed by atoms with van der Waals surface area (Å²) in [6, 6.07) is 12.2. The van der Waals surface area contributed by atoms with Gasteiger partial charge in [-0.1, -0.05) is 24.3 Å². The molecule has 2 heterocycles. The Kier molecular flexibility index (Phi) is 8.18. The number of nitrogens with one attached hydrogen (secondary N) is 2. The molecule has 3 N–H and O–H groups in total. The molecular weight excluding hydrogens is 518 g/mol. The first kappa shape index (κ1) is 27.9. The number of nitrogens with zero attached hydrogens (tertiary/aromatic N) is 3. The summed E-state index contributed by atoms with van der Waals surface area (Å²) < 4.78 is 16.3. The lowest BCUT2D eigenvalue weighted by Gasteiger charge is -2.21. The van der Waals surface area contributed by atoms with Gasteiger partial charge in [0.2, 0.25) is 11.8 Å². The summed E-state index contributed by atoms with van der Waals surface area (Å²) in [5.41, 5.74) is 1.62. The predicted octanol–water partition coefficient (Wildman–Crippen LogP) is 4.92. The molecule has 0 radical (unpaired) electrons. The van der Waals surface area contributed by atoms with Gasteiger partial charge in [-0.2, -0.15) is 0 Å². The van der Waals surface area contributed by atoms with Gasteiger partial charge < -0.3 is 34.2 Å². The Morgan fingerprint density at radius 3 is 2.55 bits per heavy atom. The predicted molar refractivity (Wildman–Crippen MR) is 145 cm³/mol. The van der Waals surface area contributed by atoms with Crippen molar-refractivity contribution in [1.82, 2.24) is 20.2 Å². The number of oxazole rings is 2. The lowest BCUT2D eigenvalue weighted by molar-refractivity contribution is -0.129. The Labute approximate surface area is 230 Å². The summed E-state index contributed by atoms with van der Waals surface area (Å²) in [6.07, 6.45) is 3.67. The van der Waals surface area contributed by atoms with Crippen molar-refractivity contribution in [2.24, 2.45) is 0 Å². The highest BCUT2D eigenvalue weighted by atomic mass is 16.6. The summed E-state index contributed by atoms with van der Waals surface area (Å²) in [5.74, 6) is -0.800. The van der Waals surface area contributed by atoms with E-state index in [0.29, 0.717) is 22.6 Å². The maximum atomic E-state index is 12.6. The number of carboxylic acids is 1. The van der Waals surface area contributed by atoms with Gasteiger partial charge in [0.25, 0.3) is 6.01 Å². The number of ether oxygens (including phenoxy) is 1. The highest BCUT2D eigenvalue weighted by Gasteiger charge is 2.20. The van der Waals surface area contributed by atoms with Gasteiger partial charge in [-0.15, -0.1) is 0 Å². The molecule has 2 aromatic carbocycles. The zero-order valence-corrected chi connectivity index (χ0v) is 22.4. The third kappa shape index (κ3) is 7.04. The Balaban J connectivity index is 1.45. The number of benzene rings is 2. The summed E-state index contributed by atoms with van der Waals surface area (Å²) in [6.45, 7) is 5.26. The second-order valence-corrected chi connectivity index (χ2v) is 9.82. The van der Waals surface area contributed by atoms with Gasteiger partial charge in [0.05, 0.1) is 23.5 Å². The van der Waals surface area contributed by atoms with Gasteiger partial charge in [-0.25, -0.2) is 19.6 Å². The first-order chi connectivity index (χ1) is 19.0. The summed E-state index contributed by atoms with van der Waals surface area (Å²) in [4.78, 5) is 46.1. The van der Waals surface area contributed by atoms with Crippen LogP contribution in [0.15, 0.2) is 70.0 Å². The Morgan fingerprint density at radius 1 is 1.07 bits per heavy atom. The second-order valence-electron chi connectivity index (χ2n) is 9.82. The minimum absolute atomic E-state index is 0.00145. The molecule has 0 saturated heterocycles. The molecule has 12 nitrogen and oxygen atoms in total. The Hall–Kier alpha value is -5.13. The molecule has 0 saturated carbocycles. The van der Waals surface area contributed by atoms with Crippen molar-refractivity contribution in [1.29, 1.82) is 0 Å². The topological polar surface area (TPSA) is 160 Å². The third-order valence-electron chi connectivity index (χ3n) is 5.57. The molecule has 0 aliphatic rings. The zero-order chi connectivity index (χ0) is 28.9. The van der Waals surface area contributed by atoms with Crippen LogP contribution in [-0.2, 0) is 16.1 Å². The normalized spacial score (nSPS) is 11.1. The van der Waals surface area contributed by atoms with E-state index in [1.165, 1.54) is 29.6 Å². The smallest absolute Gasteiger partial charge is 0.408 e. The van der Waals surface area contributed by atoms with Gasteiger partial charge in [-0.3, -0.25) is 4.79 Å². The Bertz CT molecular complexity index is 1510. The SMILES string of the molecule is CN(Cc1ccccc1-c1cnc(Nc2ccc(-c3ncco3)c(C(=O)O)c2)o1)C(=O)CNC(=O)OC(C)(C)C. The van der Waals surface area contributed by atoms with Crippen LogP contribution < -0.4 is 10.6 Å². The van der Waals surface area contributed by atoms with Crippen LogP contribution in [0.5, 0.6) is 0 Å². The fraction of sp³-hybridized carbons (Fsp3) is 0.250. The van der Waals surface area contributed by atoms with Crippen LogP contribution >= 0.6 is 0 Å². The average molecular weight is 548 g/mol. The molecule has 40 heavy (non-hydrogen) atoms. The van der Waals surface area contributed by atoms with Crippen molar-refractivity contribution in [3.05, 3.63) is 72.2 Å². The number of hydrogen-bond acceptors (Lipinski definition) is 9. The summed E-state index contributed by atoms with van der Waals surface area (Å²) >= 11 is 0. The van der Waals surface area contributed by atoms with Crippen molar-refractivity contribution in [3.8, 4) is 22.8 Å². The third-order valence-corrected chi connectivity index (χ3v) is 5.57. The Morgan fingerprint density at radius 2 is 1.85 bits per heavy atom. The fourth-order valence-corrected chi connectivity index (χ4v) is 3.76. The number of carboxylic acid groups (broad SMARTS) is 1. The van der Waals surface area contributed by atoms with Crippen LogP contribution in [0.1, 0.15) is 36.7 Å². The maximum Gasteiger partial charge on any atom is 0.408 e. The van der Waals surface area contributed by atoms with Gasteiger partial charge in [0, 0.05) is 24.8 Å². The van der Waals surface area contributed by atoms with Crippen LogP contribution in [0.2, 0.25) is 0 Å². The lowest BCUT2D eigenvalue weighted by Crippen LogP contribution is -2.40. The quantitative estimate of drug-likeness (QED) is 0.262. The van der Waals surface area contributed by atoms with E-state index in [9.17, 15) is 19.5 Å². The number of amides is 2. The molecule has 2 amide bonds. The van der Waals surface area contributed by atoms with E-state index in [2.05, 4.69) is 20.6 Å². The van der Waals surface area contributed by atoms with E-state index in [1.54, 1.807) is 40.0 Å². The number of carbonyl (C=O) groups is 3. The minimum Gasteiger partial charge on any atom is -0.478 e. The standard InChI is InChI=1S/C28H29N5O7/c1-28(2,3)40-27(37)31-15-23(34)33(4)16-17-7-5-6-8-19(17)22-14-30-26(39-22)32-18-9-10-20(21(13-18)25(35)36)24-29-11-12-38-24/h5-14H,15-16H2,1-4H3,(H,30,32)(H,31,37)(H,35,36). The van der Waals surface area contributed by atoms with Crippen molar-refractivity contribution >= 4 is 29.7 Å². The molecule has 0 atom stereocenters. The molecule has 4 aromatic rings. The monoisotopic (exact) mass is 547 g/mol. The molecule has 0 fully saturated rings. The number of carbonyl (C=O) groups excluding carboxylic acids is 2. The molecule has 0 bridgehead atoms. The largest absolute Gasteiger partial charge is 0.478 e. The number of alkyl carbamates (subject to hydrolysis) is 1. The van der Waals surface area contributed by atoms with Gasteiger partial charge in [0.1, 0.15) is 18.4 Å². The van der Waals surface area contributed by atoms with Gasteiger partial charge >= 0.3 is 12.1 Å². The molecule has 0 aliphatic heterocycles. The van der Waals surface area contributed by atoms with Crippen LogP contribution in [0.3, 0.4) is 0 Å². The average Bonchev–Trinajstić information content (AvgIpc) is 3.59. The number of rotatable bonds is 9.